The molecule has 0 spiro atoms. The van der Waals surface area contributed by atoms with Crippen molar-refractivity contribution >= 4 is 15.9 Å². The zero-order chi connectivity index (χ0) is 14.4. The highest BCUT2D eigenvalue weighted by Crippen LogP contribution is 2.27. The molecule has 2 rings (SSSR count). The van der Waals surface area contributed by atoms with Crippen LogP contribution < -0.4 is 0 Å². The van der Waals surface area contributed by atoms with E-state index < -0.39 is 0 Å². The Hall–Kier alpha value is -1.16. The minimum Gasteiger partial charge on any atom is -0.367 e. The largest absolute Gasteiger partial charge is 0.367 e. The molecule has 1 atom stereocenters. The number of nitrogens with zero attached hydrogens (tertiary/aromatic N) is 1. The first kappa shape index (κ1) is 15.2. The van der Waals surface area contributed by atoms with Gasteiger partial charge in [-0.15, -0.1) is 0 Å². The summed E-state index contributed by atoms with van der Waals surface area (Å²) in [5.74, 6) is 0. The second-order valence-corrected chi connectivity index (χ2v) is 5.93. The molecule has 0 aliphatic rings. The van der Waals surface area contributed by atoms with Gasteiger partial charge in [-0.05, 0) is 37.4 Å². The molecule has 2 nitrogen and oxygen atoms in total. The van der Waals surface area contributed by atoms with E-state index in [0.717, 1.165) is 11.0 Å². The Morgan fingerprint density at radius 3 is 2.15 bits per heavy atom. The summed E-state index contributed by atoms with van der Waals surface area (Å²) in [6, 6.07) is 18.7. The highest BCUT2D eigenvalue weighted by atomic mass is 79.9. The molecule has 0 fully saturated rings. The molecule has 0 bridgehead atoms. The van der Waals surface area contributed by atoms with Crippen LogP contribution in [0.1, 0.15) is 17.2 Å². The van der Waals surface area contributed by atoms with E-state index in [1.807, 2.05) is 6.07 Å². The van der Waals surface area contributed by atoms with E-state index in [2.05, 4.69) is 83.5 Å². The van der Waals surface area contributed by atoms with E-state index in [1.165, 1.54) is 11.1 Å². The van der Waals surface area contributed by atoms with E-state index in [9.17, 15) is 0 Å². The van der Waals surface area contributed by atoms with Crippen LogP contribution >= 0.6 is 15.9 Å². The summed E-state index contributed by atoms with van der Waals surface area (Å²) in [6.45, 7) is 1.63. The number of likely N-dealkylation sites (N-methyl/N-ethyl adjacent to an activating group) is 1. The average Bonchev–Trinajstić information content (AvgIpc) is 2.46. The monoisotopic (exact) mass is 333 g/mol. The zero-order valence-electron chi connectivity index (χ0n) is 11.9. The Morgan fingerprint density at radius 2 is 1.55 bits per heavy atom. The minimum absolute atomic E-state index is 0.00995. The SMILES string of the molecule is CN(C)CCO[C@@H](c1ccccc1)c1ccc(Br)cc1. The summed E-state index contributed by atoms with van der Waals surface area (Å²) in [5, 5.41) is 0. The van der Waals surface area contributed by atoms with Gasteiger partial charge in [-0.1, -0.05) is 58.4 Å². The molecule has 3 heteroatoms. The first-order valence-electron chi connectivity index (χ1n) is 6.73. The Kier molecular flexibility index (Phi) is 5.77. The fraction of sp³-hybridized carbons (Fsp3) is 0.294. The van der Waals surface area contributed by atoms with Crippen LogP contribution in [-0.4, -0.2) is 32.1 Å². The lowest BCUT2D eigenvalue weighted by molar-refractivity contribution is 0.0687. The molecule has 0 saturated carbocycles. The van der Waals surface area contributed by atoms with E-state index in [0.29, 0.717) is 6.61 Å². The Labute approximate surface area is 129 Å². The molecule has 20 heavy (non-hydrogen) atoms. The van der Waals surface area contributed by atoms with Gasteiger partial charge in [-0.2, -0.15) is 0 Å². The summed E-state index contributed by atoms with van der Waals surface area (Å²) in [6.07, 6.45) is -0.00995. The van der Waals surface area contributed by atoms with Gasteiger partial charge in [0.05, 0.1) is 6.61 Å². The van der Waals surface area contributed by atoms with Crippen molar-refractivity contribution in [2.45, 2.75) is 6.10 Å². The zero-order valence-corrected chi connectivity index (χ0v) is 13.5. The van der Waals surface area contributed by atoms with Crippen LogP contribution in [0.5, 0.6) is 0 Å². The van der Waals surface area contributed by atoms with Gasteiger partial charge in [0.15, 0.2) is 0 Å². The van der Waals surface area contributed by atoms with Crippen molar-refractivity contribution < 1.29 is 4.74 Å². The van der Waals surface area contributed by atoms with Gasteiger partial charge in [0.2, 0.25) is 0 Å². The summed E-state index contributed by atoms with van der Waals surface area (Å²) in [5.41, 5.74) is 2.37. The normalized spacial score (nSPS) is 12.6. The third kappa shape index (κ3) is 4.44. The molecule has 2 aromatic rings. The molecular weight excluding hydrogens is 314 g/mol. The maximum atomic E-state index is 6.11. The van der Waals surface area contributed by atoms with E-state index in [-0.39, 0.29) is 6.10 Å². The maximum absolute atomic E-state index is 6.11. The van der Waals surface area contributed by atoms with Crippen molar-refractivity contribution in [3.05, 3.63) is 70.2 Å². The van der Waals surface area contributed by atoms with E-state index >= 15 is 0 Å². The average molecular weight is 334 g/mol. The number of hydrogen-bond donors (Lipinski definition) is 0. The van der Waals surface area contributed by atoms with Gasteiger partial charge in [0.1, 0.15) is 6.10 Å². The van der Waals surface area contributed by atoms with Gasteiger partial charge >= 0.3 is 0 Å². The molecule has 106 valence electrons. The number of hydrogen-bond acceptors (Lipinski definition) is 2. The smallest absolute Gasteiger partial charge is 0.108 e. The number of ether oxygens (including phenoxy) is 1. The molecule has 0 aliphatic heterocycles. The molecular formula is C17H20BrNO. The molecule has 0 radical (unpaired) electrons. The highest BCUT2D eigenvalue weighted by Gasteiger charge is 2.14. The molecule has 0 saturated heterocycles. The van der Waals surface area contributed by atoms with Gasteiger partial charge < -0.3 is 9.64 Å². The molecule has 0 aromatic heterocycles. The van der Waals surface area contributed by atoms with Crippen LogP contribution in [0.25, 0.3) is 0 Å². The van der Waals surface area contributed by atoms with Crippen molar-refractivity contribution in [2.75, 3.05) is 27.2 Å². The first-order valence-corrected chi connectivity index (χ1v) is 7.53. The van der Waals surface area contributed by atoms with Gasteiger partial charge in [0, 0.05) is 11.0 Å². The minimum atomic E-state index is -0.00995. The predicted octanol–water partition coefficient (Wildman–Crippen LogP) is 4.12. The van der Waals surface area contributed by atoms with Crippen LogP contribution in [0.2, 0.25) is 0 Å². The van der Waals surface area contributed by atoms with Crippen molar-refractivity contribution in [2.24, 2.45) is 0 Å². The van der Waals surface area contributed by atoms with E-state index in [4.69, 9.17) is 4.74 Å². The molecule has 2 aromatic carbocycles. The fourth-order valence-corrected chi connectivity index (χ4v) is 2.27. The molecule has 0 aliphatic carbocycles. The van der Waals surface area contributed by atoms with Gasteiger partial charge in [-0.3, -0.25) is 0 Å². The number of rotatable bonds is 6. The number of benzene rings is 2. The van der Waals surface area contributed by atoms with Gasteiger partial charge in [0.25, 0.3) is 0 Å². The first-order chi connectivity index (χ1) is 9.66. The highest BCUT2D eigenvalue weighted by molar-refractivity contribution is 9.10. The summed E-state index contributed by atoms with van der Waals surface area (Å²) in [4.78, 5) is 2.13. The van der Waals surface area contributed by atoms with Crippen molar-refractivity contribution in [3.63, 3.8) is 0 Å². The quantitative estimate of drug-likeness (QED) is 0.788. The maximum Gasteiger partial charge on any atom is 0.108 e. The number of halogens is 1. The van der Waals surface area contributed by atoms with Crippen LogP contribution in [0.4, 0.5) is 0 Å². The Morgan fingerprint density at radius 1 is 0.950 bits per heavy atom. The second kappa shape index (κ2) is 7.58. The predicted molar refractivity (Wildman–Crippen MR) is 86.9 cm³/mol. The van der Waals surface area contributed by atoms with Gasteiger partial charge in [-0.25, -0.2) is 0 Å². The lowest BCUT2D eigenvalue weighted by Crippen LogP contribution is -2.20. The van der Waals surface area contributed by atoms with Crippen LogP contribution in [0.15, 0.2) is 59.1 Å². The third-order valence-electron chi connectivity index (χ3n) is 3.10. The lowest BCUT2D eigenvalue weighted by atomic mass is 10.0. The van der Waals surface area contributed by atoms with Crippen LogP contribution in [0.3, 0.4) is 0 Å². The molecule has 0 N–H and O–H groups in total. The Balaban J connectivity index is 2.18. The third-order valence-corrected chi connectivity index (χ3v) is 3.63. The fourth-order valence-electron chi connectivity index (χ4n) is 2.00. The molecule has 0 unspecified atom stereocenters. The standard InChI is InChI=1S/C17H20BrNO/c1-19(2)12-13-20-17(14-6-4-3-5-7-14)15-8-10-16(18)11-9-15/h3-11,17H,12-13H2,1-2H3/t17-/m0/s1. The summed E-state index contributed by atoms with van der Waals surface area (Å²) < 4.78 is 7.19. The summed E-state index contributed by atoms with van der Waals surface area (Å²) >= 11 is 3.48. The molecule has 0 amide bonds. The van der Waals surface area contributed by atoms with Crippen molar-refractivity contribution in [1.82, 2.24) is 4.90 Å². The lowest BCUT2D eigenvalue weighted by Gasteiger charge is -2.20. The molecule has 0 heterocycles. The second-order valence-electron chi connectivity index (χ2n) is 5.02. The van der Waals surface area contributed by atoms with Crippen molar-refractivity contribution in [1.29, 1.82) is 0 Å². The summed E-state index contributed by atoms with van der Waals surface area (Å²) in [7, 11) is 4.11. The Bertz CT molecular complexity index is 510. The topological polar surface area (TPSA) is 12.5 Å². The van der Waals surface area contributed by atoms with Crippen molar-refractivity contribution in [3.8, 4) is 0 Å². The van der Waals surface area contributed by atoms with Crippen LogP contribution in [-0.2, 0) is 4.74 Å². The van der Waals surface area contributed by atoms with E-state index in [1.54, 1.807) is 0 Å². The van der Waals surface area contributed by atoms with Crippen LogP contribution in [0, 0.1) is 0 Å².